The van der Waals surface area contributed by atoms with Gasteiger partial charge in [0.1, 0.15) is 0 Å². The van der Waals surface area contributed by atoms with E-state index in [1.165, 1.54) is 12.8 Å². The van der Waals surface area contributed by atoms with Crippen molar-refractivity contribution in [1.29, 1.82) is 0 Å². The van der Waals surface area contributed by atoms with Crippen LogP contribution in [0.1, 0.15) is 52.9 Å². The van der Waals surface area contributed by atoms with E-state index in [2.05, 4.69) is 31.0 Å². The van der Waals surface area contributed by atoms with Gasteiger partial charge in [-0.2, -0.15) is 0 Å². The van der Waals surface area contributed by atoms with Gasteiger partial charge in [0.15, 0.2) is 5.96 Å². The molecule has 0 aliphatic carbocycles. The van der Waals surface area contributed by atoms with Crippen LogP contribution in [0.25, 0.3) is 0 Å². The van der Waals surface area contributed by atoms with E-state index < -0.39 is 0 Å². The predicted octanol–water partition coefficient (Wildman–Crippen LogP) is 3.05. The third-order valence-corrected chi connectivity index (χ3v) is 5.03. The number of nitrogens with one attached hydrogen (secondary N) is 1. The number of hydrogen-bond acceptors (Lipinski definition) is 4. The van der Waals surface area contributed by atoms with Crippen molar-refractivity contribution < 1.29 is 14.2 Å². The maximum atomic E-state index is 6.11. The number of ether oxygens (including phenoxy) is 3. The van der Waals surface area contributed by atoms with E-state index >= 15 is 0 Å². The number of piperidine rings is 1. The molecule has 2 aliphatic heterocycles. The summed E-state index contributed by atoms with van der Waals surface area (Å²) in [5, 5.41) is 3.41. The summed E-state index contributed by atoms with van der Waals surface area (Å²) in [7, 11) is 1.74. The third kappa shape index (κ3) is 8.27. The second-order valence-corrected chi connectivity index (χ2v) is 7.64. The van der Waals surface area contributed by atoms with Crippen LogP contribution in [0.2, 0.25) is 0 Å². The molecule has 26 heavy (non-hydrogen) atoms. The third-order valence-electron chi connectivity index (χ3n) is 5.03. The van der Waals surface area contributed by atoms with Crippen molar-refractivity contribution >= 4 is 29.9 Å². The fourth-order valence-electron chi connectivity index (χ4n) is 3.17. The summed E-state index contributed by atoms with van der Waals surface area (Å²) in [6, 6.07) is 0. The minimum atomic E-state index is -0.234. The molecule has 1 atom stereocenters. The van der Waals surface area contributed by atoms with E-state index in [4.69, 9.17) is 19.2 Å². The SMILES string of the molecule is CCNC(=NCC(C)(C)OC)N1CCC(OCC2CCCCO2)CC1.I. The summed E-state index contributed by atoms with van der Waals surface area (Å²) in [6.45, 7) is 11.4. The van der Waals surface area contributed by atoms with Crippen molar-refractivity contribution in [1.82, 2.24) is 10.2 Å². The molecule has 2 fully saturated rings. The molecule has 0 spiro atoms. The molecule has 154 valence electrons. The van der Waals surface area contributed by atoms with E-state index in [9.17, 15) is 0 Å². The van der Waals surface area contributed by atoms with Crippen LogP contribution >= 0.6 is 24.0 Å². The van der Waals surface area contributed by atoms with E-state index in [0.717, 1.165) is 58.1 Å². The van der Waals surface area contributed by atoms with Crippen LogP contribution < -0.4 is 5.32 Å². The van der Waals surface area contributed by atoms with Gasteiger partial charge in [0.2, 0.25) is 0 Å². The lowest BCUT2D eigenvalue weighted by atomic mass is 10.1. The Balaban J connectivity index is 0.00000338. The number of nitrogens with zero attached hydrogens (tertiary/aromatic N) is 2. The largest absolute Gasteiger partial charge is 0.377 e. The summed E-state index contributed by atoms with van der Waals surface area (Å²) in [4.78, 5) is 7.11. The van der Waals surface area contributed by atoms with Crippen molar-refractivity contribution in [2.24, 2.45) is 4.99 Å². The second-order valence-electron chi connectivity index (χ2n) is 7.64. The Morgan fingerprint density at radius 1 is 1.23 bits per heavy atom. The summed E-state index contributed by atoms with van der Waals surface area (Å²) < 4.78 is 17.3. The fourth-order valence-corrected chi connectivity index (χ4v) is 3.17. The molecule has 1 unspecified atom stereocenters. The Bertz CT molecular complexity index is 407. The lowest BCUT2D eigenvalue weighted by Gasteiger charge is -2.35. The molecule has 0 aromatic rings. The molecule has 0 saturated carbocycles. The van der Waals surface area contributed by atoms with Crippen LogP contribution in [-0.4, -0.2) is 75.2 Å². The summed E-state index contributed by atoms with van der Waals surface area (Å²) in [5.41, 5.74) is -0.234. The first kappa shape index (κ1) is 23.9. The van der Waals surface area contributed by atoms with Gasteiger partial charge in [0.05, 0.1) is 31.0 Å². The van der Waals surface area contributed by atoms with E-state index in [0.29, 0.717) is 18.8 Å². The maximum Gasteiger partial charge on any atom is 0.194 e. The van der Waals surface area contributed by atoms with Gasteiger partial charge in [-0.05, 0) is 52.9 Å². The number of halogens is 1. The lowest BCUT2D eigenvalue weighted by Crippen LogP contribution is -2.48. The molecule has 2 rings (SSSR count). The Labute approximate surface area is 176 Å². The van der Waals surface area contributed by atoms with Crippen LogP contribution in [0.3, 0.4) is 0 Å². The fraction of sp³-hybridized carbons (Fsp3) is 0.947. The zero-order valence-corrected chi connectivity index (χ0v) is 19.3. The Morgan fingerprint density at radius 2 is 1.96 bits per heavy atom. The number of likely N-dealkylation sites (tertiary alicyclic amines) is 1. The summed E-state index contributed by atoms with van der Waals surface area (Å²) in [5.74, 6) is 0.988. The number of aliphatic imine (C=N–C) groups is 1. The van der Waals surface area contributed by atoms with Crippen molar-refractivity contribution in [3.05, 3.63) is 0 Å². The van der Waals surface area contributed by atoms with Crippen LogP contribution in [0, 0.1) is 0 Å². The minimum Gasteiger partial charge on any atom is -0.377 e. The molecule has 0 amide bonds. The van der Waals surface area contributed by atoms with E-state index in [1.54, 1.807) is 7.11 Å². The van der Waals surface area contributed by atoms with Crippen molar-refractivity contribution in [3.8, 4) is 0 Å². The minimum absolute atomic E-state index is 0. The van der Waals surface area contributed by atoms with Crippen LogP contribution in [0.15, 0.2) is 4.99 Å². The van der Waals surface area contributed by atoms with Crippen molar-refractivity contribution in [3.63, 3.8) is 0 Å². The number of guanidine groups is 1. The van der Waals surface area contributed by atoms with E-state index in [1.807, 2.05) is 0 Å². The van der Waals surface area contributed by atoms with Crippen LogP contribution in [-0.2, 0) is 14.2 Å². The van der Waals surface area contributed by atoms with Crippen LogP contribution in [0.5, 0.6) is 0 Å². The van der Waals surface area contributed by atoms with Crippen molar-refractivity contribution in [2.45, 2.75) is 70.7 Å². The smallest absolute Gasteiger partial charge is 0.194 e. The molecule has 0 aromatic heterocycles. The van der Waals surface area contributed by atoms with Gasteiger partial charge in [-0.1, -0.05) is 0 Å². The first-order valence-corrected chi connectivity index (χ1v) is 9.85. The highest BCUT2D eigenvalue weighted by Crippen LogP contribution is 2.18. The van der Waals surface area contributed by atoms with Gasteiger partial charge in [-0.3, -0.25) is 4.99 Å². The second kappa shape index (κ2) is 12.4. The Hall–Kier alpha value is -0.120. The molecule has 2 aliphatic rings. The van der Waals surface area contributed by atoms with Gasteiger partial charge in [-0.25, -0.2) is 0 Å². The van der Waals surface area contributed by atoms with Gasteiger partial charge in [0, 0.05) is 33.4 Å². The first-order valence-electron chi connectivity index (χ1n) is 9.85. The molecule has 1 N–H and O–H groups in total. The number of hydrogen-bond donors (Lipinski definition) is 1. The molecule has 0 bridgehead atoms. The maximum absolute atomic E-state index is 6.11. The average Bonchev–Trinajstić information content (AvgIpc) is 2.65. The van der Waals surface area contributed by atoms with Gasteiger partial charge >= 0.3 is 0 Å². The summed E-state index contributed by atoms with van der Waals surface area (Å²) >= 11 is 0. The van der Waals surface area contributed by atoms with Gasteiger partial charge < -0.3 is 24.4 Å². The average molecular weight is 483 g/mol. The molecular formula is C19H38IN3O3. The van der Waals surface area contributed by atoms with Gasteiger partial charge in [-0.15, -0.1) is 24.0 Å². The molecule has 0 aromatic carbocycles. The number of methoxy groups -OCH3 is 1. The summed E-state index contributed by atoms with van der Waals surface area (Å²) in [6.07, 6.45) is 6.36. The Morgan fingerprint density at radius 3 is 2.54 bits per heavy atom. The van der Waals surface area contributed by atoms with E-state index in [-0.39, 0.29) is 29.6 Å². The molecule has 7 heteroatoms. The Kier molecular flexibility index (Phi) is 11.4. The zero-order valence-electron chi connectivity index (χ0n) is 17.0. The molecule has 0 radical (unpaired) electrons. The topological polar surface area (TPSA) is 55.3 Å². The zero-order chi connectivity index (χ0) is 18.1. The standard InChI is InChI=1S/C19H37N3O3.HI/c1-5-20-18(21-15-19(2,3)23-4)22-11-9-16(10-12-22)25-14-17-8-6-7-13-24-17;/h16-17H,5-15H2,1-4H3,(H,20,21);1H. The molecule has 2 heterocycles. The number of rotatable bonds is 7. The molecule has 2 saturated heterocycles. The predicted molar refractivity (Wildman–Crippen MR) is 117 cm³/mol. The first-order chi connectivity index (χ1) is 12.0. The molecule has 6 nitrogen and oxygen atoms in total. The lowest BCUT2D eigenvalue weighted by molar-refractivity contribution is -0.0721. The highest BCUT2D eigenvalue weighted by atomic mass is 127. The van der Waals surface area contributed by atoms with Gasteiger partial charge in [0.25, 0.3) is 0 Å². The highest BCUT2D eigenvalue weighted by molar-refractivity contribution is 14.0. The van der Waals surface area contributed by atoms with Crippen LogP contribution in [0.4, 0.5) is 0 Å². The quantitative estimate of drug-likeness (QED) is 0.343. The highest BCUT2D eigenvalue weighted by Gasteiger charge is 2.24. The normalized spacial score (nSPS) is 22.8. The molecular weight excluding hydrogens is 445 g/mol. The monoisotopic (exact) mass is 483 g/mol. The van der Waals surface area contributed by atoms with Crippen molar-refractivity contribution in [2.75, 3.05) is 46.5 Å².